The van der Waals surface area contributed by atoms with Gasteiger partial charge in [-0.15, -0.1) is 0 Å². The molecule has 25 heavy (non-hydrogen) atoms. The summed E-state index contributed by atoms with van der Waals surface area (Å²) in [7, 11) is 0. The molecule has 2 aromatic rings. The highest BCUT2D eigenvalue weighted by Gasteiger charge is 2.47. The minimum absolute atomic E-state index is 0.00823. The molecule has 10 heteroatoms. The van der Waals surface area contributed by atoms with Crippen LogP contribution < -0.4 is 4.90 Å². The highest BCUT2D eigenvalue weighted by atomic mass is 19.4. The van der Waals surface area contributed by atoms with E-state index < -0.39 is 11.9 Å². The minimum atomic E-state index is -4.50. The van der Waals surface area contributed by atoms with Gasteiger partial charge in [-0.05, 0) is 12.5 Å². The quantitative estimate of drug-likeness (QED) is 0.830. The summed E-state index contributed by atoms with van der Waals surface area (Å²) in [4.78, 5) is 23.2. The van der Waals surface area contributed by atoms with Crippen molar-refractivity contribution < 1.29 is 18.0 Å². The van der Waals surface area contributed by atoms with Crippen molar-refractivity contribution in [3.63, 3.8) is 0 Å². The van der Waals surface area contributed by atoms with Gasteiger partial charge in [0.05, 0.1) is 12.1 Å². The predicted octanol–water partition coefficient (Wildman–Crippen LogP) is 1.18. The lowest BCUT2D eigenvalue weighted by Gasteiger charge is -2.56. The van der Waals surface area contributed by atoms with Crippen LogP contribution in [0.4, 0.5) is 19.0 Å². The van der Waals surface area contributed by atoms with Gasteiger partial charge in [-0.25, -0.2) is 9.97 Å². The maximum Gasteiger partial charge on any atom is 0.433 e. The standard InChI is InChI=1S/C15H15F3N6O/c16-15(17,18)12-5-13(20-9-19-12)22-6-10-4-11(7-22)24(10)14(25)8-23-3-1-2-21-23/h1-3,5,9-11H,4,6-8H2. The molecule has 3 saturated heterocycles. The van der Waals surface area contributed by atoms with Crippen molar-refractivity contribution in [2.24, 2.45) is 0 Å². The number of piperazine rings is 1. The van der Waals surface area contributed by atoms with Crippen LogP contribution in [-0.4, -0.2) is 55.7 Å². The number of carbonyl (C=O) groups excluding carboxylic acids is 1. The maximum absolute atomic E-state index is 12.8. The Bertz CT molecular complexity index is 766. The van der Waals surface area contributed by atoms with Crippen molar-refractivity contribution in [1.29, 1.82) is 0 Å². The normalized spacial score (nSPS) is 22.7. The molecule has 0 aliphatic carbocycles. The van der Waals surface area contributed by atoms with Crippen LogP contribution in [0.3, 0.4) is 0 Å². The van der Waals surface area contributed by atoms with Crippen LogP contribution in [0.25, 0.3) is 0 Å². The second-order valence-corrected chi connectivity index (χ2v) is 6.21. The number of alkyl halides is 3. The van der Waals surface area contributed by atoms with Crippen LogP contribution in [0.5, 0.6) is 0 Å². The first-order valence-corrected chi connectivity index (χ1v) is 7.84. The Morgan fingerprint density at radius 3 is 2.64 bits per heavy atom. The molecule has 0 radical (unpaired) electrons. The fraction of sp³-hybridized carbons (Fsp3) is 0.467. The van der Waals surface area contributed by atoms with Crippen molar-refractivity contribution in [1.82, 2.24) is 24.6 Å². The Balaban J connectivity index is 1.44. The van der Waals surface area contributed by atoms with Crippen molar-refractivity contribution in [2.45, 2.75) is 31.2 Å². The number of aromatic nitrogens is 4. The number of hydrogen-bond donors (Lipinski definition) is 0. The van der Waals surface area contributed by atoms with Crippen LogP contribution in [0.1, 0.15) is 12.1 Å². The van der Waals surface area contributed by atoms with Crippen LogP contribution in [0.15, 0.2) is 30.9 Å². The highest BCUT2D eigenvalue weighted by Crippen LogP contribution is 2.35. The van der Waals surface area contributed by atoms with E-state index in [9.17, 15) is 18.0 Å². The molecule has 2 bridgehead atoms. The molecule has 0 aromatic carbocycles. The van der Waals surface area contributed by atoms with E-state index in [1.165, 1.54) is 0 Å². The molecule has 3 aliphatic rings. The zero-order valence-corrected chi connectivity index (χ0v) is 13.1. The van der Waals surface area contributed by atoms with E-state index in [-0.39, 0.29) is 30.4 Å². The van der Waals surface area contributed by atoms with E-state index in [2.05, 4.69) is 15.1 Å². The van der Waals surface area contributed by atoms with E-state index in [0.717, 1.165) is 18.8 Å². The summed E-state index contributed by atoms with van der Waals surface area (Å²) < 4.78 is 40.0. The SMILES string of the molecule is O=C(Cn1cccn1)N1C2CC1CN(c1cc(C(F)(F)F)ncn1)C2. The van der Waals surface area contributed by atoms with E-state index in [1.54, 1.807) is 28.0 Å². The fourth-order valence-electron chi connectivity index (χ4n) is 3.49. The molecule has 2 aromatic heterocycles. The third-order valence-corrected chi connectivity index (χ3v) is 4.60. The monoisotopic (exact) mass is 352 g/mol. The first-order chi connectivity index (χ1) is 11.9. The minimum Gasteiger partial charge on any atom is -0.352 e. The predicted molar refractivity (Wildman–Crippen MR) is 80.5 cm³/mol. The summed E-state index contributed by atoms with van der Waals surface area (Å²) in [5.74, 6) is 0.222. The first kappa shape index (κ1) is 15.9. The van der Waals surface area contributed by atoms with E-state index in [1.807, 2.05) is 4.90 Å². The average Bonchev–Trinajstić information content (AvgIpc) is 3.07. The number of nitrogens with zero attached hydrogens (tertiary/aromatic N) is 6. The van der Waals surface area contributed by atoms with E-state index in [0.29, 0.717) is 13.1 Å². The molecule has 2 atom stereocenters. The summed E-state index contributed by atoms with van der Waals surface area (Å²) in [6.07, 6.45) is 0.623. The molecule has 7 nitrogen and oxygen atoms in total. The maximum atomic E-state index is 12.8. The molecule has 132 valence electrons. The second kappa shape index (κ2) is 5.71. The number of carbonyl (C=O) groups is 1. The molecule has 3 aliphatic heterocycles. The lowest BCUT2D eigenvalue weighted by atomic mass is 9.87. The first-order valence-electron chi connectivity index (χ1n) is 7.84. The van der Waals surface area contributed by atoms with Gasteiger partial charge in [-0.3, -0.25) is 9.48 Å². The summed E-state index contributed by atoms with van der Waals surface area (Å²) in [5, 5.41) is 4.02. The third-order valence-electron chi connectivity index (χ3n) is 4.60. The van der Waals surface area contributed by atoms with Gasteiger partial charge >= 0.3 is 6.18 Å². The van der Waals surface area contributed by atoms with Crippen molar-refractivity contribution in [3.05, 3.63) is 36.5 Å². The van der Waals surface area contributed by atoms with Gasteiger partial charge in [0.15, 0.2) is 0 Å². The number of hydrogen-bond acceptors (Lipinski definition) is 5. The molecule has 0 saturated carbocycles. The molecule has 5 heterocycles. The number of halogens is 3. The van der Waals surface area contributed by atoms with Crippen molar-refractivity contribution in [2.75, 3.05) is 18.0 Å². The number of anilines is 1. The molecule has 3 fully saturated rings. The largest absolute Gasteiger partial charge is 0.433 e. The zero-order chi connectivity index (χ0) is 17.6. The van der Waals surface area contributed by atoms with Gasteiger partial charge in [0.2, 0.25) is 5.91 Å². The van der Waals surface area contributed by atoms with Crippen LogP contribution in [-0.2, 0) is 17.5 Å². The van der Waals surface area contributed by atoms with E-state index in [4.69, 9.17) is 0 Å². The summed E-state index contributed by atoms with van der Waals surface area (Å²) in [6.45, 7) is 1.11. The van der Waals surface area contributed by atoms with E-state index >= 15 is 0 Å². The molecule has 0 spiro atoms. The van der Waals surface area contributed by atoms with Gasteiger partial charge in [-0.1, -0.05) is 0 Å². The van der Waals surface area contributed by atoms with Gasteiger partial charge in [0, 0.05) is 31.5 Å². The van der Waals surface area contributed by atoms with Crippen molar-refractivity contribution >= 4 is 11.7 Å². The van der Waals surface area contributed by atoms with Gasteiger partial charge in [0.1, 0.15) is 24.4 Å². The highest BCUT2D eigenvalue weighted by molar-refractivity contribution is 5.78. The molecule has 2 unspecified atom stereocenters. The van der Waals surface area contributed by atoms with Gasteiger partial charge in [-0.2, -0.15) is 18.3 Å². The lowest BCUT2D eigenvalue weighted by Crippen LogP contribution is -2.70. The molecule has 1 amide bonds. The Kier molecular flexibility index (Phi) is 3.62. The smallest absolute Gasteiger partial charge is 0.352 e. The Morgan fingerprint density at radius 2 is 2.00 bits per heavy atom. The number of fused-ring (bicyclic) bond motifs is 2. The van der Waals surface area contributed by atoms with Gasteiger partial charge < -0.3 is 9.80 Å². The summed E-state index contributed by atoms with van der Waals surface area (Å²) in [5.41, 5.74) is -0.955. The fourth-order valence-corrected chi connectivity index (χ4v) is 3.49. The summed E-state index contributed by atoms with van der Waals surface area (Å²) >= 11 is 0. The number of piperidine rings is 1. The van der Waals surface area contributed by atoms with Crippen molar-refractivity contribution in [3.8, 4) is 0 Å². The average molecular weight is 352 g/mol. The topological polar surface area (TPSA) is 67.2 Å². The Morgan fingerprint density at radius 1 is 1.24 bits per heavy atom. The van der Waals surface area contributed by atoms with Gasteiger partial charge in [0.25, 0.3) is 0 Å². The second-order valence-electron chi connectivity index (χ2n) is 6.21. The van der Waals surface area contributed by atoms with Crippen LogP contribution >= 0.6 is 0 Å². The molecular formula is C15H15F3N6O. The summed E-state index contributed by atoms with van der Waals surface area (Å²) in [6, 6.07) is 2.69. The lowest BCUT2D eigenvalue weighted by molar-refractivity contribution is -0.147. The Hall–Kier alpha value is -2.65. The van der Waals surface area contributed by atoms with Crippen LogP contribution in [0, 0.1) is 0 Å². The zero-order valence-electron chi connectivity index (χ0n) is 13.1. The van der Waals surface area contributed by atoms with Crippen LogP contribution in [0.2, 0.25) is 0 Å². The number of amides is 1. The Labute approximate surface area is 141 Å². The number of rotatable bonds is 3. The molecular weight excluding hydrogens is 337 g/mol. The third kappa shape index (κ3) is 2.92. The molecule has 0 N–H and O–H groups in total. The molecule has 5 rings (SSSR count).